The molecule has 0 atom stereocenters. The molecule has 0 saturated heterocycles. The lowest BCUT2D eigenvalue weighted by atomic mass is 9.96. The molecule has 0 aromatic heterocycles. The largest absolute Gasteiger partial charge is 0.466 e. The van der Waals surface area contributed by atoms with Gasteiger partial charge in [0, 0.05) is 17.6 Å². The van der Waals surface area contributed by atoms with Gasteiger partial charge in [-0.25, -0.2) is 13.6 Å². The van der Waals surface area contributed by atoms with Gasteiger partial charge >= 0.3 is 5.97 Å². The fraction of sp³-hybridized carbons (Fsp3) is 0.500. The van der Waals surface area contributed by atoms with Gasteiger partial charge in [0.05, 0.1) is 19.2 Å². The number of nitriles is 2. The fourth-order valence-electron chi connectivity index (χ4n) is 1.65. The minimum Gasteiger partial charge on any atom is -0.466 e. The first-order valence-corrected chi connectivity index (χ1v) is 4.46. The summed E-state index contributed by atoms with van der Waals surface area (Å²) in [6, 6.07) is 2.90. The van der Waals surface area contributed by atoms with Gasteiger partial charge in [-0.05, 0) is 6.42 Å². The van der Waals surface area contributed by atoms with Gasteiger partial charge in [0.1, 0.15) is 0 Å². The van der Waals surface area contributed by atoms with Crippen molar-refractivity contribution in [2.45, 2.75) is 18.8 Å². The Balaban J connectivity index is 3.28. The molecule has 1 aliphatic rings. The molecule has 0 aliphatic heterocycles. The molecule has 0 unspecified atom stereocenters. The predicted octanol–water partition coefficient (Wildman–Crippen LogP) is 1.55. The van der Waals surface area contributed by atoms with Crippen LogP contribution in [-0.2, 0) is 9.53 Å². The maximum atomic E-state index is 13.4. The number of alkyl halides is 2. The van der Waals surface area contributed by atoms with Gasteiger partial charge in [-0.2, -0.15) is 10.5 Å². The fourth-order valence-corrected chi connectivity index (χ4v) is 1.65. The molecule has 6 heteroatoms. The Hall–Kier alpha value is -1.95. The molecule has 0 N–H and O–H groups in total. The smallest absolute Gasteiger partial charge is 0.333 e. The van der Waals surface area contributed by atoms with E-state index in [0.717, 1.165) is 7.11 Å². The monoisotopic (exact) mass is 226 g/mol. The highest BCUT2D eigenvalue weighted by atomic mass is 19.3. The number of carbonyl (C=O) groups is 1. The van der Waals surface area contributed by atoms with Crippen molar-refractivity contribution in [3.8, 4) is 12.1 Å². The van der Waals surface area contributed by atoms with Gasteiger partial charge in [-0.15, -0.1) is 0 Å². The predicted molar refractivity (Wildman–Crippen MR) is 47.9 cm³/mol. The molecule has 0 bridgehead atoms. The minimum atomic E-state index is -3.28. The van der Waals surface area contributed by atoms with Gasteiger partial charge in [-0.3, -0.25) is 0 Å². The second-order valence-corrected chi connectivity index (χ2v) is 3.28. The van der Waals surface area contributed by atoms with Crippen LogP contribution in [0.3, 0.4) is 0 Å². The number of allylic oxidation sites excluding steroid dienone is 1. The Kier molecular flexibility index (Phi) is 3.24. The molecular weight excluding hydrogens is 218 g/mol. The van der Waals surface area contributed by atoms with E-state index in [4.69, 9.17) is 10.5 Å². The van der Waals surface area contributed by atoms with E-state index in [2.05, 4.69) is 4.74 Å². The molecule has 16 heavy (non-hydrogen) atoms. The van der Waals surface area contributed by atoms with Crippen LogP contribution >= 0.6 is 0 Å². The average Bonchev–Trinajstić information content (AvgIpc) is 2.56. The summed E-state index contributed by atoms with van der Waals surface area (Å²) in [5, 5.41) is 17.2. The maximum absolute atomic E-state index is 13.4. The zero-order valence-electron chi connectivity index (χ0n) is 8.46. The van der Waals surface area contributed by atoms with E-state index >= 15 is 0 Å². The molecule has 1 aliphatic carbocycles. The molecule has 0 amide bonds. The number of rotatable bonds is 2. The van der Waals surface area contributed by atoms with Crippen LogP contribution in [0.4, 0.5) is 8.78 Å². The number of hydrogen-bond donors (Lipinski definition) is 0. The van der Waals surface area contributed by atoms with E-state index in [1.165, 1.54) is 12.1 Å². The van der Waals surface area contributed by atoms with E-state index in [0.29, 0.717) is 0 Å². The van der Waals surface area contributed by atoms with Crippen LogP contribution in [0.2, 0.25) is 0 Å². The van der Waals surface area contributed by atoms with Gasteiger partial charge in [-0.1, -0.05) is 0 Å². The van der Waals surface area contributed by atoms with Crippen LogP contribution in [0.15, 0.2) is 11.1 Å². The lowest BCUT2D eigenvalue weighted by Gasteiger charge is -2.14. The lowest BCUT2D eigenvalue weighted by Crippen LogP contribution is -2.21. The van der Waals surface area contributed by atoms with Crippen LogP contribution in [-0.4, -0.2) is 19.0 Å². The van der Waals surface area contributed by atoms with Gasteiger partial charge < -0.3 is 4.74 Å². The van der Waals surface area contributed by atoms with Crippen molar-refractivity contribution in [3.05, 3.63) is 11.1 Å². The topological polar surface area (TPSA) is 73.9 Å². The maximum Gasteiger partial charge on any atom is 0.333 e. The zero-order valence-corrected chi connectivity index (χ0v) is 8.46. The van der Waals surface area contributed by atoms with E-state index in [1.807, 2.05) is 0 Å². The van der Waals surface area contributed by atoms with Crippen molar-refractivity contribution >= 4 is 5.97 Å². The Morgan fingerprint density at radius 3 is 2.50 bits per heavy atom. The number of esters is 1. The van der Waals surface area contributed by atoms with Crippen molar-refractivity contribution in [3.63, 3.8) is 0 Å². The number of ether oxygens (including phenoxy) is 1. The molecular formula is C10H8F2N2O2. The molecule has 0 aromatic rings. The van der Waals surface area contributed by atoms with Gasteiger partial charge in [0.2, 0.25) is 0 Å². The first-order valence-electron chi connectivity index (χ1n) is 4.46. The standard InChI is InChI=1S/C10H8F2N2O2/c1-16-9(15)7-2-3-10(11,12)8(7)6(4-13)5-14/h6H,2-3H2,1H3. The van der Waals surface area contributed by atoms with Crippen LogP contribution < -0.4 is 0 Å². The van der Waals surface area contributed by atoms with E-state index in [1.54, 1.807) is 0 Å². The third-order valence-corrected chi connectivity index (χ3v) is 2.39. The molecule has 4 nitrogen and oxygen atoms in total. The van der Waals surface area contributed by atoms with Crippen LogP contribution in [0.25, 0.3) is 0 Å². The summed E-state index contributed by atoms with van der Waals surface area (Å²) >= 11 is 0. The average molecular weight is 226 g/mol. The second kappa shape index (κ2) is 4.28. The molecule has 0 spiro atoms. The zero-order chi connectivity index (χ0) is 12.3. The SMILES string of the molecule is COC(=O)C1=C(C(C#N)C#N)C(F)(F)CC1. The number of nitrogens with zero attached hydrogens (tertiary/aromatic N) is 2. The Morgan fingerprint density at radius 2 is 2.06 bits per heavy atom. The van der Waals surface area contributed by atoms with E-state index in [-0.39, 0.29) is 12.0 Å². The van der Waals surface area contributed by atoms with Crippen molar-refractivity contribution < 1.29 is 18.3 Å². The number of halogens is 2. The highest BCUT2D eigenvalue weighted by molar-refractivity contribution is 5.90. The second-order valence-electron chi connectivity index (χ2n) is 3.28. The lowest BCUT2D eigenvalue weighted by molar-refractivity contribution is -0.136. The first kappa shape index (κ1) is 12.1. The normalized spacial score (nSPS) is 18.1. The Bertz CT molecular complexity index is 415. The van der Waals surface area contributed by atoms with Gasteiger partial charge in [0.25, 0.3) is 5.92 Å². The summed E-state index contributed by atoms with van der Waals surface area (Å²) in [6.45, 7) is 0. The summed E-state index contributed by atoms with van der Waals surface area (Å²) in [7, 11) is 1.07. The molecule has 0 aromatic carbocycles. The first-order chi connectivity index (χ1) is 7.47. The van der Waals surface area contributed by atoms with Crippen molar-refractivity contribution in [1.29, 1.82) is 10.5 Å². The Labute approximate surface area is 90.7 Å². The molecule has 1 rings (SSSR count). The van der Waals surface area contributed by atoms with Crippen LogP contribution in [0.1, 0.15) is 12.8 Å². The van der Waals surface area contributed by atoms with E-state index < -0.39 is 29.8 Å². The minimum absolute atomic E-state index is 0.172. The van der Waals surface area contributed by atoms with Crippen molar-refractivity contribution in [2.24, 2.45) is 5.92 Å². The van der Waals surface area contributed by atoms with Crippen molar-refractivity contribution in [1.82, 2.24) is 0 Å². The summed E-state index contributed by atoms with van der Waals surface area (Å²) < 4.78 is 31.2. The Morgan fingerprint density at radius 1 is 1.50 bits per heavy atom. The molecule has 0 fully saturated rings. The van der Waals surface area contributed by atoms with Crippen LogP contribution in [0.5, 0.6) is 0 Å². The van der Waals surface area contributed by atoms with Crippen LogP contribution in [0, 0.1) is 28.6 Å². The number of methoxy groups -OCH3 is 1. The van der Waals surface area contributed by atoms with Crippen molar-refractivity contribution in [2.75, 3.05) is 7.11 Å². The van der Waals surface area contributed by atoms with Gasteiger partial charge in [0.15, 0.2) is 5.92 Å². The molecule has 84 valence electrons. The molecule has 0 saturated carbocycles. The third-order valence-electron chi connectivity index (χ3n) is 2.39. The molecule has 0 radical (unpaired) electrons. The summed E-state index contributed by atoms with van der Waals surface area (Å²) in [6.07, 6.45) is -0.735. The number of carbonyl (C=O) groups excluding carboxylic acids is 1. The van der Waals surface area contributed by atoms with E-state index in [9.17, 15) is 13.6 Å². The summed E-state index contributed by atoms with van der Waals surface area (Å²) in [5.74, 6) is -5.78. The third kappa shape index (κ3) is 1.87. The summed E-state index contributed by atoms with van der Waals surface area (Å²) in [4.78, 5) is 11.2. The molecule has 0 heterocycles. The number of hydrogen-bond acceptors (Lipinski definition) is 4. The highest BCUT2D eigenvalue weighted by Gasteiger charge is 2.47. The quantitative estimate of drug-likeness (QED) is 0.669. The highest BCUT2D eigenvalue weighted by Crippen LogP contribution is 2.44. The summed E-state index contributed by atoms with van der Waals surface area (Å²) in [5.41, 5.74) is -0.954.